The third kappa shape index (κ3) is 5.88. The summed E-state index contributed by atoms with van der Waals surface area (Å²) in [5.74, 6) is -0.351. The highest BCUT2D eigenvalue weighted by molar-refractivity contribution is 8.19. The Kier molecular flexibility index (Phi) is 7.72. The minimum Gasteiger partial charge on any atom is -0.505 e. The molecule has 0 atom stereocenters. The van der Waals surface area contributed by atoms with Crippen molar-refractivity contribution in [2.45, 2.75) is 16.7 Å². The summed E-state index contributed by atoms with van der Waals surface area (Å²) in [6.45, 7) is 1.65. The zero-order valence-corrected chi connectivity index (χ0v) is 25.3. The highest BCUT2D eigenvalue weighted by Gasteiger charge is 2.25. The van der Waals surface area contributed by atoms with Crippen molar-refractivity contribution in [3.8, 4) is 11.4 Å². The van der Waals surface area contributed by atoms with Crippen LogP contribution in [0.1, 0.15) is 5.69 Å². The van der Waals surface area contributed by atoms with Gasteiger partial charge in [0, 0.05) is 17.0 Å². The first-order valence-electron chi connectivity index (χ1n) is 13.2. The maximum Gasteiger partial charge on any atom is 0.294 e. The summed E-state index contributed by atoms with van der Waals surface area (Å²) >= 11 is 0. The van der Waals surface area contributed by atoms with Crippen LogP contribution >= 0.6 is 10.9 Å². The van der Waals surface area contributed by atoms with Gasteiger partial charge in [0.1, 0.15) is 22.2 Å². The molecule has 0 spiro atoms. The molecule has 2 heterocycles. The number of para-hydroxylation sites is 1. The van der Waals surface area contributed by atoms with Gasteiger partial charge in [0.25, 0.3) is 10.1 Å². The molecule has 0 bridgehead atoms. The van der Waals surface area contributed by atoms with Gasteiger partial charge >= 0.3 is 0 Å². The van der Waals surface area contributed by atoms with Gasteiger partial charge < -0.3 is 24.5 Å². The number of hydrogen-bond acceptors (Lipinski definition) is 13. The Balaban J connectivity index is 1.35. The van der Waals surface area contributed by atoms with E-state index < -0.39 is 31.6 Å². The van der Waals surface area contributed by atoms with E-state index in [0.29, 0.717) is 22.6 Å². The summed E-state index contributed by atoms with van der Waals surface area (Å²) in [6, 6.07) is 19.9. The van der Waals surface area contributed by atoms with E-state index in [4.69, 9.17) is 5.73 Å². The Hall–Kier alpha value is -5.30. The zero-order chi connectivity index (χ0) is 32.8. The molecule has 2 aromatic heterocycles. The Morgan fingerprint density at radius 2 is 1.52 bits per heavy atom. The van der Waals surface area contributed by atoms with E-state index in [1.165, 1.54) is 47.1 Å². The number of fused-ring (bicyclic) bond motifs is 2. The number of phenolic OH excluding ortho intramolecular Hbond substituents is 1. The average Bonchev–Trinajstić information content (AvgIpc) is 3.30. The first kappa shape index (κ1) is 30.7. The topological polar surface area (TPSA) is 241 Å². The second-order valence-corrected chi connectivity index (χ2v) is 12.8. The summed E-state index contributed by atoms with van der Waals surface area (Å²) in [5.41, 5.74) is 8.16. The van der Waals surface area contributed by atoms with Crippen LogP contribution in [-0.2, 0) is 10.1 Å². The number of hydrogen-bond donors (Lipinski definition) is 6. The molecule has 0 saturated heterocycles. The van der Waals surface area contributed by atoms with Crippen LogP contribution in [0, 0.1) is 6.92 Å². The number of azo groups is 2. The summed E-state index contributed by atoms with van der Waals surface area (Å²) in [6.07, 6.45) is 1.59. The van der Waals surface area contributed by atoms with E-state index in [1.807, 2.05) is 12.1 Å². The van der Waals surface area contributed by atoms with Gasteiger partial charge in [-0.15, -0.1) is 15.3 Å². The summed E-state index contributed by atoms with van der Waals surface area (Å²) < 4.78 is 63.9. The van der Waals surface area contributed by atoms with Gasteiger partial charge in [-0.3, -0.25) is 9.54 Å². The molecule has 0 aliphatic rings. The van der Waals surface area contributed by atoms with Crippen LogP contribution in [0.15, 0.2) is 115 Å². The van der Waals surface area contributed by atoms with E-state index in [0.717, 1.165) is 5.39 Å². The number of nitrogens with zero attached hydrogens (tertiary/aromatic N) is 7. The molecule has 17 heteroatoms. The predicted octanol–water partition coefficient (Wildman–Crippen LogP) is 7.83. The smallest absolute Gasteiger partial charge is 0.294 e. The number of aromatic hydroxyl groups is 1. The average molecular weight is 661 g/mol. The second kappa shape index (κ2) is 11.6. The van der Waals surface area contributed by atoms with Crippen LogP contribution in [0.5, 0.6) is 5.75 Å². The maximum absolute atomic E-state index is 11.4. The zero-order valence-electron chi connectivity index (χ0n) is 23.7. The standard InChI is InChI=1S/C29H24N8O7S2/c1-16-25(29(30)37(36-16)20-8-10-21(11-9-20)45(39,40)41)34-32-19-7-12-22-18(14-19)15-24(46(42,43)44)27(28(22)38)35-33-23-6-2-4-17-5-3-13-31-26(17)23/h2-15,38,42-44H,30H2,1H3,(H,39,40,41). The fourth-order valence-corrected chi connectivity index (χ4v) is 5.87. The molecule has 0 aliphatic carbocycles. The minimum atomic E-state index is -4.37. The molecule has 7 N–H and O–H groups in total. The highest BCUT2D eigenvalue weighted by atomic mass is 32.3. The monoisotopic (exact) mass is 660 g/mol. The van der Waals surface area contributed by atoms with Gasteiger partial charge in [-0.1, -0.05) is 18.2 Å². The number of aromatic nitrogens is 3. The first-order chi connectivity index (χ1) is 21.8. The molecule has 0 radical (unpaired) electrons. The molecule has 0 saturated carbocycles. The minimum absolute atomic E-state index is 0.104. The SMILES string of the molecule is Cc1nn(-c2ccc(S(=O)(=O)O)cc2)c(N)c1N=Nc1ccc2c(O)c(N=Nc3cccc4cccnc34)c(S(O)(O)O)cc2c1. The Morgan fingerprint density at radius 1 is 0.804 bits per heavy atom. The number of pyridine rings is 1. The van der Waals surface area contributed by atoms with Crippen molar-refractivity contribution in [2.24, 2.45) is 20.5 Å². The first-order valence-corrected chi connectivity index (χ1v) is 16.2. The van der Waals surface area contributed by atoms with Crippen LogP contribution < -0.4 is 5.73 Å². The van der Waals surface area contributed by atoms with Gasteiger partial charge in [-0.05, 0) is 73.0 Å². The van der Waals surface area contributed by atoms with Crippen LogP contribution in [0.3, 0.4) is 0 Å². The maximum atomic E-state index is 11.4. The van der Waals surface area contributed by atoms with Crippen LogP contribution in [0.4, 0.5) is 28.6 Å². The number of nitrogen functional groups attached to an aromatic ring is 1. The largest absolute Gasteiger partial charge is 0.505 e. The van der Waals surface area contributed by atoms with Gasteiger partial charge in [0.2, 0.25) is 0 Å². The lowest BCUT2D eigenvalue weighted by molar-refractivity contribution is 0.375. The molecular weight excluding hydrogens is 637 g/mol. The molecule has 6 aromatic rings. The second-order valence-electron chi connectivity index (χ2n) is 9.95. The van der Waals surface area contributed by atoms with Gasteiger partial charge in [-0.2, -0.15) is 18.6 Å². The van der Waals surface area contributed by atoms with Gasteiger partial charge in [0.15, 0.2) is 17.3 Å². The molecule has 0 fully saturated rings. The lowest BCUT2D eigenvalue weighted by Crippen LogP contribution is -2.03. The van der Waals surface area contributed by atoms with Crippen molar-refractivity contribution in [3.05, 3.63) is 90.8 Å². The summed E-state index contributed by atoms with van der Waals surface area (Å²) in [7, 11) is -8.74. The van der Waals surface area contributed by atoms with Crippen molar-refractivity contribution in [1.29, 1.82) is 0 Å². The van der Waals surface area contributed by atoms with Crippen LogP contribution in [0.25, 0.3) is 27.4 Å². The molecule has 46 heavy (non-hydrogen) atoms. The van der Waals surface area contributed by atoms with Gasteiger partial charge in [-0.25, -0.2) is 4.68 Å². The fourth-order valence-electron chi connectivity index (χ4n) is 4.70. The summed E-state index contributed by atoms with van der Waals surface area (Å²) in [5, 5.41) is 33.5. The molecule has 15 nitrogen and oxygen atoms in total. The number of rotatable bonds is 7. The molecule has 6 rings (SSSR count). The molecule has 4 aromatic carbocycles. The van der Waals surface area contributed by atoms with Crippen molar-refractivity contribution >= 4 is 71.2 Å². The molecule has 0 amide bonds. The van der Waals surface area contributed by atoms with E-state index >= 15 is 0 Å². The number of aryl methyl sites for hydroxylation is 1. The van der Waals surface area contributed by atoms with Crippen molar-refractivity contribution < 1.29 is 31.7 Å². The van der Waals surface area contributed by atoms with E-state index in [9.17, 15) is 31.7 Å². The third-order valence-corrected chi connectivity index (χ3v) is 8.68. The number of anilines is 1. The quantitative estimate of drug-likeness (QED) is 0.0715. The van der Waals surface area contributed by atoms with E-state index in [-0.39, 0.29) is 38.5 Å². The summed E-state index contributed by atoms with van der Waals surface area (Å²) in [4.78, 5) is 3.56. The molecular formula is C29H24N8O7S2. The van der Waals surface area contributed by atoms with Crippen molar-refractivity contribution in [1.82, 2.24) is 14.8 Å². The van der Waals surface area contributed by atoms with Crippen LogP contribution in [0.2, 0.25) is 0 Å². The highest BCUT2D eigenvalue weighted by Crippen LogP contribution is 2.54. The lowest BCUT2D eigenvalue weighted by atomic mass is 10.1. The Morgan fingerprint density at radius 3 is 2.24 bits per heavy atom. The van der Waals surface area contributed by atoms with E-state index in [2.05, 4.69) is 30.5 Å². The number of benzene rings is 4. The fraction of sp³-hybridized carbons (Fsp3) is 0.0345. The normalized spacial score (nSPS) is 13.0. The molecule has 234 valence electrons. The third-order valence-electron chi connectivity index (χ3n) is 6.91. The van der Waals surface area contributed by atoms with Gasteiger partial charge in [0.05, 0.1) is 32.4 Å². The Labute approximate surface area is 262 Å². The van der Waals surface area contributed by atoms with Crippen LogP contribution in [-0.4, -0.2) is 46.5 Å². The lowest BCUT2D eigenvalue weighted by Gasteiger charge is -2.22. The van der Waals surface area contributed by atoms with Crippen molar-refractivity contribution in [3.63, 3.8) is 0 Å². The predicted molar refractivity (Wildman–Crippen MR) is 172 cm³/mol. The van der Waals surface area contributed by atoms with E-state index in [1.54, 1.807) is 37.4 Å². The molecule has 0 unspecified atom stereocenters. The van der Waals surface area contributed by atoms with Crippen molar-refractivity contribution in [2.75, 3.05) is 5.73 Å². The number of nitrogens with two attached hydrogens (primary N) is 1. The number of phenols is 1. The Bertz CT molecular complexity index is 2310. The molecule has 0 aliphatic heterocycles.